The molecule has 1 heterocycles. The van der Waals surface area contributed by atoms with Crippen LogP contribution in [0.4, 0.5) is 0 Å². The van der Waals surface area contributed by atoms with Crippen LogP contribution in [0, 0.1) is 0 Å². The molecule has 0 saturated heterocycles. The van der Waals surface area contributed by atoms with Gasteiger partial charge in [-0.1, -0.05) is 164 Å². The molecule has 50 heavy (non-hydrogen) atoms. The molecule has 0 fully saturated rings. The Labute approximate surface area is 291 Å². The summed E-state index contributed by atoms with van der Waals surface area (Å²) in [5.74, 6) is 1.96. The van der Waals surface area contributed by atoms with E-state index in [0.717, 1.165) is 27.8 Å². The van der Waals surface area contributed by atoms with E-state index in [1.165, 1.54) is 43.8 Å². The Morgan fingerprint density at radius 2 is 0.600 bits per heavy atom. The van der Waals surface area contributed by atoms with Crippen LogP contribution in [0.1, 0.15) is 0 Å². The molecule has 234 valence electrons. The predicted molar refractivity (Wildman–Crippen MR) is 207 cm³/mol. The highest BCUT2D eigenvalue weighted by Gasteiger charge is 2.14. The van der Waals surface area contributed by atoms with Crippen molar-refractivity contribution in [3.05, 3.63) is 188 Å². The summed E-state index contributed by atoms with van der Waals surface area (Å²) in [5.41, 5.74) is 9.99. The number of benzene rings is 8. The summed E-state index contributed by atoms with van der Waals surface area (Å²) in [6.07, 6.45) is 0. The van der Waals surface area contributed by atoms with Crippen LogP contribution in [0.15, 0.2) is 188 Å². The molecule has 9 rings (SSSR count). The molecule has 0 spiro atoms. The molecule has 0 amide bonds. The van der Waals surface area contributed by atoms with Crippen molar-refractivity contribution in [2.75, 3.05) is 0 Å². The van der Waals surface area contributed by atoms with Crippen molar-refractivity contribution >= 4 is 21.5 Å². The molecule has 0 aliphatic heterocycles. The van der Waals surface area contributed by atoms with Crippen molar-refractivity contribution in [3.63, 3.8) is 0 Å². The lowest BCUT2D eigenvalue weighted by Crippen LogP contribution is -2.00. The third-order valence-electron chi connectivity index (χ3n) is 9.29. The minimum absolute atomic E-state index is 0.648. The molecule has 0 atom stereocenters. The molecule has 8 aromatic carbocycles. The fraction of sp³-hybridized carbons (Fsp3) is 0. The summed E-state index contributed by atoms with van der Waals surface area (Å²) < 4.78 is 0. The minimum atomic E-state index is 0.648. The van der Waals surface area contributed by atoms with Gasteiger partial charge >= 0.3 is 0 Å². The molecule has 1 aromatic heterocycles. The highest BCUT2D eigenvalue weighted by atomic mass is 15.0. The lowest BCUT2D eigenvalue weighted by molar-refractivity contribution is 1.07. The van der Waals surface area contributed by atoms with Gasteiger partial charge in [0.1, 0.15) is 0 Å². The Balaban J connectivity index is 1.07. The number of hydrogen-bond donors (Lipinski definition) is 0. The molecule has 0 bridgehead atoms. The van der Waals surface area contributed by atoms with E-state index in [-0.39, 0.29) is 0 Å². The van der Waals surface area contributed by atoms with Crippen molar-refractivity contribution in [3.8, 4) is 67.5 Å². The SMILES string of the molecule is c1ccc(-c2nc(-c3ccccc3)nc(-c3cccc(-c4ccc5cc(-c6ccccc6-c6ccc7ccccc7c6)ccc5c4)c3)n2)cc1. The molecule has 0 saturated carbocycles. The Bertz CT molecular complexity index is 2590. The third-order valence-corrected chi connectivity index (χ3v) is 9.29. The van der Waals surface area contributed by atoms with E-state index >= 15 is 0 Å². The van der Waals surface area contributed by atoms with E-state index in [1.54, 1.807) is 0 Å². The first-order chi connectivity index (χ1) is 24.7. The summed E-state index contributed by atoms with van der Waals surface area (Å²) in [6.45, 7) is 0. The largest absolute Gasteiger partial charge is 0.208 e. The standard InChI is InChI=1S/C47H31N3/c1-3-13-33(14-4-1)45-48-46(34-15-5-2-6-16-34)50-47(49-45)42-19-11-18-36(31-42)37-23-24-39-30-41(27-25-38(39)28-37)44-21-10-9-20-43(44)40-26-22-32-12-7-8-17-35(32)29-40/h1-31H. The second-order valence-corrected chi connectivity index (χ2v) is 12.5. The summed E-state index contributed by atoms with van der Waals surface area (Å²) in [4.78, 5) is 14.7. The zero-order valence-corrected chi connectivity index (χ0v) is 27.2. The van der Waals surface area contributed by atoms with E-state index in [2.05, 4.69) is 127 Å². The Hall–Kier alpha value is -6.71. The highest BCUT2D eigenvalue weighted by molar-refractivity contribution is 5.95. The maximum Gasteiger partial charge on any atom is 0.164 e. The van der Waals surface area contributed by atoms with Crippen LogP contribution in [0.25, 0.3) is 89.1 Å². The number of aromatic nitrogens is 3. The zero-order valence-electron chi connectivity index (χ0n) is 27.2. The topological polar surface area (TPSA) is 38.7 Å². The molecule has 0 unspecified atom stereocenters. The van der Waals surface area contributed by atoms with Crippen molar-refractivity contribution in [2.45, 2.75) is 0 Å². The van der Waals surface area contributed by atoms with Gasteiger partial charge in [-0.15, -0.1) is 0 Å². The van der Waals surface area contributed by atoms with E-state index < -0.39 is 0 Å². The molecule has 3 nitrogen and oxygen atoms in total. The molecular formula is C47H31N3. The smallest absolute Gasteiger partial charge is 0.164 e. The molecule has 0 aliphatic carbocycles. The first kappa shape index (κ1) is 29.4. The first-order valence-corrected chi connectivity index (χ1v) is 16.9. The lowest BCUT2D eigenvalue weighted by Gasteiger charge is -2.13. The van der Waals surface area contributed by atoms with Crippen molar-refractivity contribution in [2.24, 2.45) is 0 Å². The Morgan fingerprint density at radius 3 is 1.20 bits per heavy atom. The Morgan fingerprint density at radius 1 is 0.220 bits per heavy atom. The second kappa shape index (κ2) is 12.7. The summed E-state index contributed by atoms with van der Waals surface area (Å²) in [6, 6.07) is 66.1. The predicted octanol–water partition coefficient (Wildman–Crippen LogP) is 12.2. The molecule has 3 heteroatoms. The van der Waals surface area contributed by atoms with E-state index in [4.69, 9.17) is 15.0 Å². The van der Waals surface area contributed by atoms with Crippen molar-refractivity contribution in [1.29, 1.82) is 0 Å². The first-order valence-electron chi connectivity index (χ1n) is 16.9. The monoisotopic (exact) mass is 637 g/mol. The maximum atomic E-state index is 4.94. The maximum absolute atomic E-state index is 4.94. The van der Waals surface area contributed by atoms with Crippen LogP contribution in [-0.4, -0.2) is 15.0 Å². The minimum Gasteiger partial charge on any atom is -0.208 e. The van der Waals surface area contributed by atoms with Crippen LogP contribution in [0.2, 0.25) is 0 Å². The van der Waals surface area contributed by atoms with Crippen LogP contribution in [0.3, 0.4) is 0 Å². The van der Waals surface area contributed by atoms with Gasteiger partial charge in [-0.05, 0) is 79.2 Å². The number of hydrogen-bond acceptors (Lipinski definition) is 3. The van der Waals surface area contributed by atoms with Gasteiger partial charge in [0, 0.05) is 16.7 Å². The van der Waals surface area contributed by atoms with Crippen LogP contribution < -0.4 is 0 Å². The fourth-order valence-corrected chi connectivity index (χ4v) is 6.71. The van der Waals surface area contributed by atoms with Gasteiger partial charge in [-0.2, -0.15) is 0 Å². The van der Waals surface area contributed by atoms with E-state index in [9.17, 15) is 0 Å². The van der Waals surface area contributed by atoms with Gasteiger partial charge in [0.05, 0.1) is 0 Å². The van der Waals surface area contributed by atoms with Gasteiger partial charge in [0.25, 0.3) is 0 Å². The normalized spacial score (nSPS) is 11.2. The quantitative estimate of drug-likeness (QED) is 0.182. The Kier molecular flexibility index (Phi) is 7.49. The molecule has 0 aliphatic rings. The molecule has 0 radical (unpaired) electrons. The van der Waals surface area contributed by atoms with Gasteiger partial charge < -0.3 is 0 Å². The van der Waals surface area contributed by atoms with Crippen molar-refractivity contribution < 1.29 is 0 Å². The molecular weight excluding hydrogens is 607 g/mol. The summed E-state index contributed by atoms with van der Waals surface area (Å²) >= 11 is 0. The summed E-state index contributed by atoms with van der Waals surface area (Å²) in [7, 11) is 0. The average Bonchev–Trinajstić information content (AvgIpc) is 3.21. The average molecular weight is 638 g/mol. The van der Waals surface area contributed by atoms with E-state index in [0.29, 0.717) is 17.5 Å². The third kappa shape index (κ3) is 5.72. The highest BCUT2D eigenvalue weighted by Crippen LogP contribution is 2.36. The lowest BCUT2D eigenvalue weighted by atomic mass is 9.91. The number of fused-ring (bicyclic) bond motifs is 2. The number of nitrogens with zero attached hydrogens (tertiary/aromatic N) is 3. The second-order valence-electron chi connectivity index (χ2n) is 12.5. The van der Waals surface area contributed by atoms with Gasteiger partial charge in [0.15, 0.2) is 17.5 Å². The molecule has 9 aromatic rings. The van der Waals surface area contributed by atoms with Gasteiger partial charge in [0.2, 0.25) is 0 Å². The van der Waals surface area contributed by atoms with Crippen LogP contribution in [-0.2, 0) is 0 Å². The summed E-state index contributed by atoms with van der Waals surface area (Å²) in [5, 5.41) is 4.90. The number of rotatable bonds is 6. The van der Waals surface area contributed by atoms with E-state index in [1.807, 2.05) is 60.7 Å². The van der Waals surface area contributed by atoms with Crippen LogP contribution >= 0.6 is 0 Å². The zero-order chi connectivity index (χ0) is 33.3. The van der Waals surface area contributed by atoms with Gasteiger partial charge in [-0.25, -0.2) is 15.0 Å². The van der Waals surface area contributed by atoms with Crippen molar-refractivity contribution in [1.82, 2.24) is 15.0 Å². The fourth-order valence-electron chi connectivity index (χ4n) is 6.71. The van der Waals surface area contributed by atoms with Gasteiger partial charge in [-0.3, -0.25) is 0 Å². The molecule has 0 N–H and O–H groups in total. The van der Waals surface area contributed by atoms with Crippen LogP contribution in [0.5, 0.6) is 0 Å².